The van der Waals surface area contributed by atoms with Gasteiger partial charge in [0.05, 0.1) is 30.3 Å². The molecule has 2 aliphatic rings. The Balaban J connectivity index is 1.31. The van der Waals surface area contributed by atoms with E-state index < -0.39 is 0 Å². The molecule has 2 aromatic carbocycles. The quantitative estimate of drug-likeness (QED) is 0.631. The number of methoxy groups -OCH3 is 1. The molecule has 0 atom stereocenters. The lowest BCUT2D eigenvalue weighted by Crippen LogP contribution is -2.31. The van der Waals surface area contributed by atoms with E-state index in [1.165, 1.54) is 11.1 Å². The second-order valence-electron chi connectivity index (χ2n) is 8.03. The Bertz CT molecular complexity index is 1040. The van der Waals surface area contributed by atoms with Crippen molar-refractivity contribution in [2.24, 2.45) is 0 Å². The summed E-state index contributed by atoms with van der Waals surface area (Å²) in [7, 11) is 1.67. The van der Waals surface area contributed by atoms with E-state index in [0.29, 0.717) is 6.54 Å². The van der Waals surface area contributed by atoms with Gasteiger partial charge in [-0.05, 0) is 55.0 Å². The van der Waals surface area contributed by atoms with Gasteiger partial charge >= 0.3 is 0 Å². The van der Waals surface area contributed by atoms with E-state index in [-0.39, 0.29) is 11.0 Å². The summed E-state index contributed by atoms with van der Waals surface area (Å²) in [5.74, 6) is 2.59. The number of hydrogen-bond donors (Lipinski definition) is 1. The van der Waals surface area contributed by atoms with Crippen LogP contribution in [-0.4, -0.2) is 28.0 Å². The fourth-order valence-electron chi connectivity index (χ4n) is 4.45. The number of nitrogens with one attached hydrogen (secondary N) is 1. The average Bonchev–Trinajstić information content (AvgIpc) is 3.17. The van der Waals surface area contributed by atoms with Crippen molar-refractivity contribution in [1.29, 1.82) is 0 Å². The molecule has 7 heteroatoms. The lowest BCUT2D eigenvalue weighted by atomic mass is 9.81. The predicted octanol–water partition coefficient (Wildman–Crippen LogP) is 4.33. The molecule has 0 saturated heterocycles. The maximum absolute atomic E-state index is 7.15. The SMILES string of the molecule is COc1cccc(OC2CCC(Cl)(c3ccc4c(c3)CNCc3nncn3-4)CC2)c1. The van der Waals surface area contributed by atoms with E-state index >= 15 is 0 Å². The number of alkyl halides is 1. The van der Waals surface area contributed by atoms with E-state index in [2.05, 4.69) is 38.3 Å². The fraction of sp³-hybridized carbons (Fsp3) is 0.391. The number of rotatable bonds is 4. The van der Waals surface area contributed by atoms with Crippen LogP contribution in [0, 0.1) is 0 Å². The Labute approximate surface area is 181 Å². The lowest BCUT2D eigenvalue weighted by Gasteiger charge is -2.36. The molecule has 30 heavy (non-hydrogen) atoms. The summed E-state index contributed by atoms with van der Waals surface area (Å²) in [5.41, 5.74) is 3.53. The van der Waals surface area contributed by atoms with Crippen LogP contribution in [0.3, 0.4) is 0 Å². The van der Waals surface area contributed by atoms with Gasteiger partial charge in [0.25, 0.3) is 0 Å². The molecule has 1 aliphatic heterocycles. The van der Waals surface area contributed by atoms with Gasteiger partial charge in [-0.2, -0.15) is 0 Å². The van der Waals surface area contributed by atoms with E-state index in [1.807, 2.05) is 24.3 Å². The molecule has 3 aromatic rings. The summed E-state index contributed by atoms with van der Waals surface area (Å²) < 4.78 is 13.5. The first-order valence-corrected chi connectivity index (χ1v) is 10.8. The van der Waals surface area contributed by atoms with Crippen molar-refractivity contribution in [3.05, 3.63) is 65.7 Å². The van der Waals surface area contributed by atoms with Crippen LogP contribution < -0.4 is 14.8 Å². The van der Waals surface area contributed by atoms with Gasteiger partial charge in [0.1, 0.15) is 17.8 Å². The average molecular weight is 425 g/mol. The minimum atomic E-state index is -0.356. The van der Waals surface area contributed by atoms with Crippen LogP contribution in [0.25, 0.3) is 5.69 Å². The van der Waals surface area contributed by atoms with Gasteiger partial charge in [0.15, 0.2) is 5.82 Å². The Morgan fingerprint density at radius 2 is 1.93 bits per heavy atom. The van der Waals surface area contributed by atoms with Crippen LogP contribution in [-0.2, 0) is 18.0 Å². The van der Waals surface area contributed by atoms with Crippen molar-refractivity contribution < 1.29 is 9.47 Å². The van der Waals surface area contributed by atoms with E-state index in [9.17, 15) is 0 Å². The third-order valence-electron chi connectivity index (χ3n) is 6.14. The van der Waals surface area contributed by atoms with Crippen molar-refractivity contribution in [1.82, 2.24) is 20.1 Å². The summed E-state index contributed by atoms with van der Waals surface area (Å²) in [6.45, 7) is 1.50. The molecule has 1 fully saturated rings. The summed E-state index contributed by atoms with van der Waals surface area (Å²) in [4.78, 5) is -0.356. The van der Waals surface area contributed by atoms with Crippen molar-refractivity contribution in [3.63, 3.8) is 0 Å². The second-order valence-corrected chi connectivity index (χ2v) is 8.75. The van der Waals surface area contributed by atoms with E-state index in [1.54, 1.807) is 13.4 Å². The van der Waals surface area contributed by atoms with Crippen LogP contribution in [0.15, 0.2) is 48.8 Å². The largest absolute Gasteiger partial charge is 0.497 e. The molecule has 1 aliphatic carbocycles. The van der Waals surface area contributed by atoms with E-state index in [4.69, 9.17) is 21.1 Å². The van der Waals surface area contributed by atoms with E-state index in [0.717, 1.165) is 55.2 Å². The monoisotopic (exact) mass is 424 g/mol. The minimum absolute atomic E-state index is 0.172. The standard InChI is InChI=1S/C23H25ClN4O2/c1-29-19-3-2-4-20(12-19)30-18-7-9-23(24,10-8-18)17-5-6-21-16(11-17)13-25-14-22-27-26-15-28(21)22/h2-6,11-12,15,18,25H,7-10,13-14H2,1H3. The summed E-state index contributed by atoms with van der Waals surface area (Å²) in [6, 6.07) is 14.3. The predicted molar refractivity (Wildman–Crippen MR) is 115 cm³/mol. The molecule has 0 unspecified atom stereocenters. The van der Waals surface area contributed by atoms with Crippen LogP contribution in [0.4, 0.5) is 0 Å². The summed E-state index contributed by atoms with van der Waals surface area (Å²) in [5, 5.41) is 11.7. The second kappa shape index (κ2) is 7.93. The molecule has 0 spiro atoms. The van der Waals surface area contributed by atoms with Crippen molar-refractivity contribution in [2.45, 2.75) is 49.8 Å². The summed E-state index contributed by atoms with van der Waals surface area (Å²) in [6.07, 6.45) is 5.56. The van der Waals surface area contributed by atoms with Crippen LogP contribution in [0.1, 0.15) is 42.6 Å². The molecule has 1 saturated carbocycles. The van der Waals surface area contributed by atoms with Crippen LogP contribution in [0.2, 0.25) is 0 Å². The first-order chi connectivity index (χ1) is 14.6. The zero-order valence-electron chi connectivity index (χ0n) is 17.0. The van der Waals surface area contributed by atoms with Gasteiger partial charge in [0.2, 0.25) is 0 Å². The maximum Gasteiger partial charge on any atom is 0.151 e. The smallest absolute Gasteiger partial charge is 0.151 e. The minimum Gasteiger partial charge on any atom is -0.497 e. The van der Waals surface area contributed by atoms with Crippen molar-refractivity contribution in [3.8, 4) is 17.2 Å². The van der Waals surface area contributed by atoms with Gasteiger partial charge in [0, 0.05) is 12.6 Å². The Morgan fingerprint density at radius 1 is 1.10 bits per heavy atom. The molecular formula is C23H25ClN4O2. The Kier molecular flexibility index (Phi) is 5.13. The molecule has 2 heterocycles. The zero-order valence-corrected chi connectivity index (χ0v) is 17.7. The zero-order chi connectivity index (χ0) is 20.6. The molecule has 0 bridgehead atoms. The third-order valence-corrected chi connectivity index (χ3v) is 6.74. The molecule has 0 amide bonds. The molecular weight excluding hydrogens is 400 g/mol. The first kappa shape index (κ1) is 19.4. The van der Waals surface area contributed by atoms with Gasteiger partial charge in [-0.25, -0.2) is 0 Å². The lowest BCUT2D eigenvalue weighted by molar-refractivity contribution is 0.138. The third kappa shape index (κ3) is 3.66. The van der Waals surface area contributed by atoms with Crippen LogP contribution in [0.5, 0.6) is 11.5 Å². The fourth-order valence-corrected chi connectivity index (χ4v) is 4.79. The molecule has 156 valence electrons. The Morgan fingerprint density at radius 3 is 2.77 bits per heavy atom. The normalized spacial score (nSPS) is 23.2. The van der Waals surface area contributed by atoms with Crippen molar-refractivity contribution >= 4 is 11.6 Å². The highest BCUT2D eigenvalue weighted by atomic mass is 35.5. The highest BCUT2D eigenvalue weighted by Gasteiger charge is 2.36. The molecule has 5 rings (SSSR count). The molecule has 0 radical (unpaired) electrons. The number of halogens is 1. The first-order valence-electron chi connectivity index (χ1n) is 10.4. The van der Waals surface area contributed by atoms with Gasteiger partial charge in [-0.1, -0.05) is 18.2 Å². The maximum atomic E-state index is 7.15. The highest BCUT2D eigenvalue weighted by molar-refractivity contribution is 6.24. The molecule has 1 aromatic heterocycles. The number of ether oxygens (including phenoxy) is 2. The molecule has 1 N–H and O–H groups in total. The number of aromatic nitrogens is 3. The number of benzene rings is 2. The highest BCUT2D eigenvalue weighted by Crippen LogP contribution is 2.44. The van der Waals surface area contributed by atoms with Gasteiger partial charge < -0.3 is 14.8 Å². The van der Waals surface area contributed by atoms with Crippen LogP contribution >= 0.6 is 11.6 Å². The topological polar surface area (TPSA) is 61.2 Å². The summed E-state index contributed by atoms with van der Waals surface area (Å²) >= 11 is 7.15. The number of nitrogens with zero attached hydrogens (tertiary/aromatic N) is 3. The number of hydrogen-bond acceptors (Lipinski definition) is 5. The van der Waals surface area contributed by atoms with Gasteiger partial charge in [-0.15, -0.1) is 21.8 Å². The van der Waals surface area contributed by atoms with Gasteiger partial charge in [-0.3, -0.25) is 4.57 Å². The number of fused-ring (bicyclic) bond motifs is 3. The Hall–Kier alpha value is -2.57. The van der Waals surface area contributed by atoms with Crippen molar-refractivity contribution in [2.75, 3.05) is 7.11 Å². The molecule has 6 nitrogen and oxygen atoms in total.